The molecule has 0 spiro atoms. The van der Waals surface area contributed by atoms with Gasteiger partial charge in [0.25, 0.3) is 0 Å². The average molecular weight is 261 g/mol. The van der Waals surface area contributed by atoms with E-state index in [4.69, 9.17) is 0 Å². The quantitative estimate of drug-likeness (QED) is 0.759. The Labute approximate surface area is 117 Å². The molecule has 0 radical (unpaired) electrons. The highest BCUT2D eigenvalue weighted by Gasteiger charge is 2.16. The summed E-state index contributed by atoms with van der Waals surface area (Å²) in [5.41, 5.74) is 1.37. The molecule has 0 unspecified atom stereocenters. The number of nitrogens with zero attached hydrogens (tertiary/aromatic N) is 2. The maximum Gasteiger partial charge on any atom is 0.0367 e. The van der Waals surface area contributed by atoms with Gasteiger partial charge in [-0.25, -0.2) is 0 Å². The van der Waals surface area contributed by atoms with Crippen molar-refractivity contribution in [3.8, 4) is 0 Å². The lowest BCUT2D eigenvalue weighted by Crippen LogP contribution is -2.46. The number of nitrogens with one attached hydrogen (secondary N) is 1. The zero-order chi connectivity index (χ0) is 13.3. The summed E-state index contributed by atoms with van der Waals surface area (Å²) in [5.74, 6) is 0. The molecule has 0 amide bonds. The van der Waals surface area contributed by atoms with Crippen LogP contribution in [0.5, 0.6) is 0 Å². The van der Waals surface area contributed by atoms with E-state index in [-0.39, 0.29) is 0 Å². The molecule has 1 aliphatic heterocycles. The summed E-state index contributed by atoms with van der Waals surface area (Å²) in [5, 5.41) is 3.39. The summed E-state index contributed by atoms with van der Waals surface area (Å²) in [6.45, 7) is 10.4. The summed E-state index contributed by atoms with van der Waals surface area (Å²) in [6.07, 6.45) is 2.62. The molecule has 1 heterocycles. The van der Waals surface area contributed by atoms with E-state index in [1.54, 1.807) is 0 Å². The molecule has 3 heteroatoms. The molecule has 1 N–H and O–H groups in total. The third kappa shape index (κ3) is 4.84. The Morgan fingerprint density at radius 1 is 1.00 bits per heavy atom. The van der Waals surface area contributed by atoms with Gasteiger partial charge in [-0.1, -0.05) is 25.1 Å². The SMILES string of the molecule is CCNCCCCN1CCN(c2ccccc2)CC1. The van der Waals surface area contributed by atoms with Crippen molar-refractivity contribution in [2.24, 2.45) is 0 Å². The molecule has 1 saturated heterocycles. The van der Waals surface area contributed by atoms with Crippen molar-refractivity contribution in [3.05, 3.63) is 30.3 Å². The molecular weight excluding hydrogens is 234 g/mol. The third-order valence-corrected chi connectivity index (χ3v) is 3.82. The molecule has 1 aromatic carbocycles. The first-order valence-corrected chi connectivity index (χ1v) is 7.63. The number of piperazine rings is 1. The Bertz CT molecular complexity index is 331. The van der Waals surface area contributed by atoms with E-state index in [1.807, 2.05) is 0 Å². The molecule has 3 nitrogen and oxygen atoms in total. The predicted molar refractivity (Wildman–Crippen MR) is 82.9 cm³/mol. The number of para-hydroxylation sites is 1. The maximum atomic E-state index is 3.39. The van der Waals surface area contributed by atoms with Crippen LogP contribution in [0.3, 0.4) is 0 Å². The Kier molecular flexibility index (Phi) is 6.18. The summed E-state index contributed by atoms with van der Waals surface area (Å²) in [7, 11) is 0. The molecule has 2 rings (SSSR count). The third-order valence-electron chi connectivity index (χ3n) is 3.82. The van der Waals surface area contributed by atoms with Gasteiger partial charge < -0.3 is 10.2 Å². The van der Waals surface area contributed by atoms with E-state index in [1.165, 1.54) is 44.7 Å². The van der Waals surface area contributed by atoms with Gasteiger partial charge in [-0.3, -0.25) is 4.90 Å². The van der Waals surface area contributed by atoms with E-state index in [9.17, 15) is 0 Å². The summed E-state index contributed by atoms with van der Waals surface area (Å²) in [6, 6.07) is 10.8. The largest absolute Gasteiger partial charge is 0.369 e. The van der Waals surface area contributed by atoms with Crippen molar-refractivity contribution in [1.29, 1.82) is 0 Å². The highest BCUT2D eigenvalue weighted by atomic mass is 15.3. The van der Waals surface area contributed by atoms with E-state index < -0.39 is 0 Å². The van der Waals surface area contributed by atoms with Crippen LogP contribution in [0.15, 0.2) is 30.3 Å². The van der Waals surface area contributed by atoms with Crippen molar-refractivity contribution in [1.82, 2.24) is 10.2 Å². The minimum atomic E-state index is 1.09. The van der Waals surface area contributed by atoms with Gasteiger partial charge in [-0.2, -0.15) is 0 Å². The zero-order valence-corrected chi connectivity index (χ0v) is 12.1. The summed E-state index contributed by atoms with van der Waals surface area (Å²) in [4.78, 5) is 5.10. The maximum absolute atomic E-state index is 3.39. The molecule has 1 aromatic rings. The van der Waals surface area contributed by atoms with Crippen LogP contribution in [0.4, 0.5) is 5.69 Å². The lowest BCUT2D eigenvalue weighted by Gasteiger charge is -2.36. The number of unbranched alkanes of at least 4 members (excludes halogenated alkanes) is 1. The molecule has 19 heavy (non-hydrogen) atoms. The van der Waals surface area contributed by atoms with Crippen LogP contribution in [0.2, 0.25) is 0 Å². The highest BCUT2D eigenvalue weighted by Crippen LogP contribution is 2.15. The van der Waals surface area contributed by atoms with Crippen LogP contribution in [0.25, 0.3) is 0 Å². The molecule has 1 fully saturated rings. The van der Waals surface area contributed by atoms with Crippen LogP contribution < -0.4 is 10.2 Å². The topological polar surface area (TPSA) is 18.5 Å². The molecule has 106 valence electrons. The minimum absolute atomic E-state index is 1.09. The van der Waals surface area contributed by atoms with Crippen LogP contribution in [-0.4, -0.2) is 50.7 Å². The molecule has 0 aromatic heterocycles. The number of rotatable bonds is 7. The Morgan fingerprint density at radius 2 is 1.74 bits per heavy atom. The van der Waals surface area contributed by atoms with Crippen LogP contribution in [0.1, 0.15) is 19.8 Å². The minimum Gasteiger partial charge on any atom is -0.369 e. The number of benzene rings is 1. The van der Waals surface area contributed by atoms with E-state index >= 15 is 0 Å². The Morgan fingerprint density at radius 3 is 2.42 bits per heavy atom. The molecule has 0 saturated carbocycles. The lowest BCUT2D eigenvalue weighted by atomic mass is 10.2. The zero-order valence-electron chi connectivity index (χ0n) is 12.1. The molecule has 0 atom stereocenters. The first-order chi connectivity index (χ1) is 9.40. The number of hydrogen-bond donors (Lipinski definition) is 1. The van der Waals surface area contributed by atoms with E-state index in [2.05, 4.69) is 52.4 Å². The van der Waals surface area contributed by atoms with Crippen LogP contribution in [-0.2, 0) is 0 Å². The van der Waals surface area contributed by atoms with Gasteiger partial charge in [0.1, 0.15) is 0 Å². The van der Waals surface area contributed by atoms with Gasteiger partial charge in [-0.05, 0) is 44.6 Å². The van der Waals surface area contributed by atoms with Crippen LogP contribution >= 0.6 is 0 Å². The standard InChI is InChI=1S/C16H27N3/c1-2-17-10-6-7-11-18-12-14-19(15-13-18)16-8-4-3-5-9-16/h3-5,8-9,17H,2,6-7,10-15H2,1H3. The van der Waals surface area contributed by atoms with Crippen LogP contribution in [0, 0.1) is 0 Å². The second kappa shape index (κ2) is 8.18. The molecule has 1 aliphatic rings. The molecular formula is C16H27N3. The van der Waals surface area contributed by atoms with Crippen molar-refractivity contribution in [2.75, 3.05) is 50.7 Å². The van der Waals surface area contributed by atoms with Crippen molar-refractivity contribution in [3.63, 3.8) is 0 Å². The number of hydrogen-bond acceptors (Lipinski definition) is 3. The first-order valence-electron chi connectivity index (χ1n) is 7.63. The highest BCUT2D eigenvalue weighted by molar-refractivity contribution is 5.46. The summed E-state index contributed by atoms with van der Waals surface area (Å²) >= 11 is 0. The molecule has 0 aliphatic carbocycles. The van der Waals surface area contributed by atoms with Gasteiger partial charge in [0, 0.05) is 31.9 Å². The Balaban J connectivity index is 1.63. The fraction of sp³-hybridized carbons (Fsp3) is 0.625. The Hall–Kier alpha value is -1.06. The number of anilines is 1. The summed E-state index contributed by atoms with van der Waals surface area (Å²) < 4.78 is 0. The monoisotopic (exact) mass is 261 g/mol. The van der Waals surface area contributed by atoms with Crippen molar-refractivity contribution >= 4 is 5.69 Å². The normalized spacial score (nSPS) is 16.8. The predicted octanol–water partition coefficient (Wildman–Crippen LogP) is 2.20. The van der Waals surface area contributed by atoms with Gasteiger partial charge in [-0.15, -0.1) is 0 Å². The fourth-order valence-corrected chi connectivity index (χ4v) is 2.63. The van der Waals surface area contributed by atoms with Gasteiger partial charge in [0.2, 0.25) is 0 Å². The van der Waals surface area contributed by atoms with Crippen molar-refractivity contribution in [2.45, 2.75) is 19.8 Å². The van der Waals surface area contributed by atoms with E-state index in [0.717, 1.165) is 19.6 Å². The van der Waals surface area contributed by atoms with Gasteiger partial charge in [0.05, 0.1) is 0 Å². The fourth-order valence-electron chi connectivity index (χ4n) is 2.63. The van der Waals surface area contributed by atoms with E-state index in [0.29, 0.717) is 0 Å². The second-order valence-corrected chi connectivity index (χ2v) is 5.22. The van der Waals surface area contributed by atoms with Crippen molar-refractivity contribution < 1.29 is 0 Å². The van der Waals surface area contributed by atoms with Gasteiger partial charge in [0.15, 0.2) is 0 Å². The average Bonchev–Trinajstić information content (AvgIpc) is 2.49. The smallest absolute Gasteiger partial charge is 0.0367 e. The first kappa shape index (κ1) is 14.4. The lowest BCUT2D eigenvalue weighted by molar-refractivity contribution is 0.252. The second-order valence-electron chi connectivity index (χ2n) is 5.22. The molecule has 0 bridgehead atoms. The van der Waals surface area contributed by atoms with Gasteiger partial charge >= 0.3 is 0 Å².